The summed E-state index contributed by atoms with van der Waals surface area (Å²) in [5.41, 5.74) is 4.83. The van der Waals surface area contributed by atoms with Gasteiger partial charge in [0.25, 0.3) is 0 Å². The molecule has 7 heteroatoms. The number of hydrogen-bond acceptors (Lipinski definition) is 5. The Bertz CT molecular complexity index is 1920. The van der Waals surface area contributed by atoms with Crippen molar-refractivity contribution in [3.05, 3.63) is 127 Å². The SMILES string of the molecule is CN1[CH-]N(c2[c-]c(Oc3[c-]c4c(cc3)c3ccccc3n4-c3ncc(C(C)(C)C)o3)ccc2)C=C1c1ccccc1.[Pt]. The number of rotatable bonds is 5. The number of fused-ring (bicyclic) bond motifs is 3. The van der Waals surface area contributed by atoms with E-state index in [1.807, 2.05) is 72.9 Å². The Morgan fingerprint density at radius 3 is 2.38 bits per heavy atom. The van der Waals surface area contributed by atoms with Crippen LogP contribution < -0.4 is 9.64 Å². The van der Waals surface area contributed by atoms with Gasteiger partial charge < -0.3 is 19.0 Å². The summed E-state index contributed by atoms with van der Waals surface area (Å²) in [7, 11) is 2.04. The predicted octanol–water partition coefficient (Wildman–Crippen LogP) is 8.33. The number of para-hydroxylation sites is 1. The van der Waals surface area contributed by atoms with Crippen molar-refractivity contribution in [2.24, 2.45) is 0 Å². The molecule has 0 amide bonds. The Kier molecular flexibility index (Phi) is 7.20. The summed E-state index contributed by atoms with van der Waals surface area (Å²) in [5, 5.41) is 2.15. The minimum atomic E-state index is -0.151. The first-order valence-corrected chi connectivity index (χ1v) is 13.6. The molecule has 1 aliphatic rings. The molecule has 214 valence electrons. The van der Waals surface area contributed by atoms with Crippen LogP contribution in [0.4, 0.5) is 5.69 Å². The average Bonchev–Trinajstić information content (AvgIpc) is 3.69. The fourth-order valence-electron chi connectivity index (χ4n) is 5.14. The molecule has 0 atom stereocenters. The van der Waals surface area contributed by atoms with Gasteiger partial charge in [-0.25, -0.2) is 4.98 Å². The van der Waals surface area contributed by atoms with E-state index in [9.17, 15) is 0 Å². The first-order valence-electron chi connectivity index (χ1n) is 13.6. The molecule has 3 heterocycles. The summed E-state index contributed by atoms with van der Waals surface area (Å²) >= 11 is 0. The largest absolute Gasteiger partial charge is 0.509 e. The van der Waals surface area contributed by atoms with E-state index >= 15 is 0 Å². The normalized spacial score (nSPS) is 13.5. The Morgan fingerprint density at radius 1 is 0.833 bits per heavy atom. The molecular weight excluding hydrogens is 703 g/mol. The van der Waals surface area contributed by atoms with Crippen molar-refractivity contribution in [1.82, 2.24) is 14.5 Å². The molecule has 4 aromatic carbocycles. The van der Waals surface area contributed by atoms with Gasteiger partial charge in [-0.1, -0.05) is 74.8 Å². The molecule has 0 saturated heterocycles. The molecule has 6 aromatic rings. The molecule has 1 aliphatic heterocycles. The van der Waals surface area contributed by atoms with Crippen LogP contribution in [-0.4, -0.2) is 21.5 Å². The van der Waals surface area contributed by atoms with Crippen LogP contribution in [0.15, 0.2) is 102 Å². The fraction of sp³-hybridized carbons (Fsp3) is 0.143. The number of nitrogens with zero attached hydrogens (tertiary/aromatic N) is 4. The molecule has 7 rings (SSSR count). The van der Waals surface area contributed by atoms with Crippen molar-refractivity contribution in [2.45, 2.75) is 26.2 Å². The zero-order valence-electron chi connectivity index (χ0n) is 23.7. The molecule has 0 aliphatic carbocycles. The van der Waals surface area contributed by atoms with Crippen molar-refractivity contribution in [3.8, 4) is 17.5 Å². The standard InChI is InChI=1S/C35H29N4O2.Pt/c1-35(2,3)33-21-36-34(41-33)39-30-16-9-8-15-28(30)29-18-17-27(20-31(29)39)40-26-14-10-13-25(19-26)38-22-32(37(4)23-38)24-11-6-5-7-12-24;/h5-18,21-23H,1-4H3;/q-3;. The van der Waals surface area contributed by atoms with E-state index in [1.165, 1.54) is 0 Å². The molecule has 42 heavy (non-hydrogen) atoms. The van der Waals surface area contributed by atoms with Gasteiger partial charge in [0.1, 0.15) is 5.76 Å². The number of ether oxygens (including phenoxy) is 1. The molecular formula is C35H29N4O2Pt-3. The van der Waals surface area contributed by atoms with Crippen molar-refractivity contribution < 1.29 is 30.2 Å². The maximum atomic E-state index is 6.32. The number of aromatic nitrogens is 2. The van der Waals surface area contributed by atoms with Gasteiger partial charge in [-0.3, -0.25) is 4.57 Å². The monoisotopic (exact) mass is 732 g/mol. The quantitative estimate of drug-likeness (QED) is 0.167. The van der Waals surface area contributed by atoms with Crippen LogP contribution in [0.2, 0.25) is 0 Å². The second-order valence-electron chi connectivity index (χ2n) is 11.2. The first-order chi connectivity index (χ1) is 19.8. The zero-order chi connectivity index (χ0) is 28.1. The Balaban J connectivity index is 0.00000316. The molecule has 0 spiro atoms. The maximum absolute atomic E-state index is 6.32. The van der Waals surface area contributed by atoms with Crippen molar-refractivity contribution in [1.29, 1.82) is 0 Å². The van der Waals surface area contributed by atoms with E-state index in [0.717, 1.165) is 44.5 Å². The van der Waals surface area contributed by atoms with E-state index in [1.54, 1.807) is 6.20 Å². The van der Waals surface area contributed by atoms with E-state index < -0.39 is 0 Å². The van der Waals surface area contributed by atoms with Crippen LogP contribution in [0.3, 0.4) is 0 Å². The zero-order valence-corrected chi connectivity index (χ0v) is 26.0. The summed E-state index contributed by atoms with van der Waals surface area (Å²) in [5.74, 6) is 2.01. The smallest absolute Gasteiger partial charge is 0.304 e. The molecule has 6 nitrogen and oxygen atoms in total. The average molecular weight is 733 g/mol. The maximum Gasteiger partial charge on any atom is 0.304 e. The van der Waals surface area contributed by atoms with Gasteiger partial charge in [-0.05, 0) is 30.3 Å². The second kappa shape index (κ2) is 10.8. The van der Waals surface area contributed by atoms with Crippen LogP contribution in [0.25, 0.3) is 33.5 Å². The van der Waals surface area contributed by atoms with Gasteiger partial charge in [0.05, 0.1) is 6.20 Å². The Morgan fingerprint density at radius 2 is 1.60 bits per heavy atom. The first kappa shape index (κ1) is 27.9. The Hall–Kier alpha value is -4.28. The summed E-state index contributed by atoms with van der Waals surface area (Å²) in [4.78, 5) is 8.79. The van der Waals surface area contributed by atoms with Crippen LogP contribution >= 0.6 is 0 Å². The minimum absolute atomic E-state index is 0. The number of oxazole rings is 1. The third kappa shape index (κ3) is 5.01. The summed E-state index contributed by atoms with van der Waals surface area (Å²) < 4.78 is 14.6. The van der Waals surface area contributed by atoms with Crippen LogP contribution in [0.1, 0.15) is 32.1 Å². The molecule has 0 bridgehead atoms. The summed E-state index contributed by atoms with van der Waals surface area (Å²) in [6.07, 6.45) is 3.91. The third-order valence-corrected chi connectivity index (χ3v) is 7.24. The topological polar surface area (TPSA) is 46.7 Å². The van der Waals surface area contributed by atoms with E-state index in [0.29, 0.717) is 17.5 Å². The van der Waals surface area contributed by atoms with Gasteiger partial charge >= 0.3 is 6.01 Å². The number of anilines is 1. The Labute approximate surface area is 260 Å². The molecule has 2 aromatic heterocycles. The molecule has 0 radical (unpaired) electrons. The molecule has 0 N–H and O–H groups in total. The van der Waals surface area contributed by atoms with Gasteiger partial charge in [0.15, 0.2) is 0 Å². The van der Waals surface area contributed by atoms with Gasteiger partial charge in [0.2, 0.25) is 0 Å². The third-order valence-electron chi connectivity index (χ3n) is 7.24. The predicted molar refractivity (Wildman–Crippen MR) is 163 cm³/mol. The summed E-state index contributed by atoms with van der Waals surface area (Å²) in [6, 6.07) is 35.9. The van der Waals surface area contributed by atoms with Crippen molar-refractivity contribution in [2.75, 3.05) is 11.9 Å². The van der Waals surface area contributed by atoms with Gasteiger partial charge in [-0.15, -0.1) is 41.4 Å². The van der Waals surface area contributed by atoms with E-state index in [-0.39, 0.29) is 26.5 Å². The van der Waals surface area contributed by atoms with E-state index in [2.05, 4.69) is 84.2 Å². The second-order valence-corrected chi connectivity index (χ2v) is 11.2. The van der Waals surface area contributed by atoms with Crippen molar-refractivity contribution >= 4 is 33.2 Å². The number of benzene rings is 4. The molecule has 0 unspecified atom stereocenters. The molecule has 0 saturated carbocycles. The van der Waals surface area contributed by atoms with Crippen LogP contribution in [0, 0.1) is 18.8 Å². The minimum Gasteiger partial charge on any atom is -0.509 e. The summed E-state index contributed by atoms with van der Waals surface area (Å²) in [6.45, 7) is 8.38. The molecule has 0 fully saturated rings. The van der Waals surface area contributed by atoms with Crippen LogP contribution in [-0.2, 0) is 26.5 Å². The van der Waals surface area contributed by atoms with Crippen molar-refractivity contribution in [3.63, 3.8) is 0 Å². The van der Waals surface area contributed by atoms with E-state index in [4.69, 9.17) is 9.15 Å². The van der Waals surface area contributed by atoms with Gasteiger partial charge in [-0.2, -0.15) is 18.8 Å². The van der Waals surface area contributed by atoms with Crippen LogP contribution in [0.5, 0.6) is 11.5 Å². The fourth-order valence-corrected chi connectivity index (χ4v) is 5.14. The van der Waals surface area contributed by atoms with Gasteiger partial charge in [0, 0.05) is 49.2 Å². The number of hydrogen-bond donors (Lipinski definition) is 0.